The number of aromatic nitrogens is 4. The molecular weight excluding hydrogens is 330 g/mol. The summed E-state index contributed by atoms with van der Waals surface area (Å²) < 4.78 is 11.7. The van der Waals surface area contributed by atoms with Crippen molar-refractivity contribution in [2.75, 3.05) is 18.2 Å². The summed E-state index contributed by atoms with van der Waals surface area (Å²) in [6.07, 6.45) is 1.42. The Hall–Kier alpha value is -2.26. The molecule has 0 atom stereocenters. The molecular formula is C12H10ClN5O3S. The van der Waals surface area contributed by atoms with Crippen LogP contribution < -0.4 is 10.1 Å². The largest absolute Gasteiger partial charge is 0.495 e. The molecule has 8 nitrogen and oxygen atoms in total. The fourth-order valence-corrected chi connectivity index (χ4v) is 2.53. The van der Waals surface area contributed by atoms with Crippen LogP contribution in [0.15, 0.2) is 34.2 Å². The second kappa shape index (κ2) is 6.24. The Labute approximate surface area is 133 Å². The van der Waals surface area contributed by atoms with E-state index in [1.807, 2.05) is 0 Å². The number of carbonyl (C=O) groups excluding carboxylic acids is 1. The lowest BCUT2D eigenvalue weighted by Gasteiger charge is -2.07. The maximum Gasteiger partial charge on any atom is 0.345 e. The number of hydrogen-bond acceptors (Lipinski definition) is 7. The van der Waals surface area contributed by atoms with Crippen LogP contribution >= 0.6 is 23.4 Å². The van der Waals surface area contributed by atoms with Gasteiger partial charge >= 0.3 is 5.84 Å². The molecule has 1 N–H and O–H groups in total. The fourth-order valence-electron chi connectivity index (χ4n) is 1.67. The molecule has 0 saturated heterocycles. The third-order valence-corrected chi connectivity index (χ3v) is 3.74. The summed E-state index contributed by atoms with van der Waals surface area (Å²) in [5.74, 6) is 0.761. The molecule has 0 fully saturated rings. The van der Waals surface area contributed by atoms with Crippen molar-refractivity contribution in [3.05, 3.63) is 29.5 Å². The maximum atomic E-state index is 11.9. The van der Waals surface area contributed by atoms with E-state index in [0.29, 0.717) is 21.7 Å². The van der Waals surface area contributed by atoms with Gasteiger partial charge in [-0.15, -0.1) is 10.2 Å². The highest BCUT2D eigenvalue weighted by atomic mass is 35.5. The summed E-state index contributed by atoms with van der Waals surface area (Å²) >= 11 is 7.15. The van der Waals surface area contributed by atoms with Crippen molar-refractivity contribution in [2.24, 2.45) is 0 Å². The lowest BCUT2D eigenvalue weighted by molar-refractivity contribution is -0.113. The number of nitrogens with zero attached hydrogens (tertiary/aromatic N) is 4. The van der Waals surface area contributed by atoms with Crippen LogP contribution in [-0.2, 0) is 4.79 Å². The first-order valence-electron chi connectivity index (χ1n) is 6.09. The fraction of sp³-hybridized carbons (Fsp3) is 0.167. The Morgan fingerprint density at radius 1 is 1.55 bits per heavy atom. The lowest BCUT2D eigenvalue weighted by Crippen LogP contribution is -2.14. The Balaban J connectivity index is 1.58. The van der Waals surface area contributed by atoms with Crippen LogP contribution in [0.4, 0.5) is 5.69 Å². The Morgan fingerprint density at radius 3 is 3.14 bits per heavy atom. The molecule has 22 heavy (non-hydrogen) atoms. The molecule has 3 aromatic rings. The van der Waals surface area contributed by atoms with Gasteiger partial charge in [-0.2, -0.15) is 4.52 Å². The highest BCUT2D eigenvalue weighted by Crippen LogP contribution is 2.27. The average molecular weight is 340 g/mol. The number of ether oxygens (including phenoxy) is 1. The number of thioether (sulfide) groups is 1. The van der Waals surface area contributed by atoms with Gasteiger partial charge in [0.15, 0.2) is 0 Å². The van der Waals surface area contributed by atoms with E-state index in [-0.39, 0.29) is 17.5 Å². The zero-order chi connectivity index (χ0) is 15.5. The van der Waals surface area contributed by atoms with Crippen molar-refractivity contribution in [2.45, 2.75) is 5.22 Å². The zero-order valence-electron chi connectivity index (χ0n) is 11.3. The third kappa shape index (κ3) is 3.15. The van der Waals surface area contributed by atoms with Crippen molar-refractivity contribution >= 4 is 40.8 Å². The lowest BCUT2D eigenvalue weighted by atomic mass is 10.3. The monoisotopic (exact) mass is 339 g/mol. The molecule has 0 aliphatic rings. The van der Waals surface area contributed by atoms with E-state index in [1.54, 1.807) is 18.2 Å². The highest BCUT2D eigenvalue weighted by Gasteiger charge is 2.11. The van der Waals surface area contributed by atoms with Crippen molar-refractivity contribution in [3.63, 3.8) is 0 Å². The molecule has 0 radical (unpaired) electrons. The van der Waals surface area contributed by atoms with Crippen molar-refractivity contribution in [3.8, 4) is 5.75 Å². The highest BCUT2D eigenvalue weighted by molar-refractivity contribution is 7.99. The number of fused-ring (bicyclic) bond motifs is 1. The molecule has 10 heteroatoms. The second-order valence-corrected chi connectivity index (χ2v) is 5.45. The smallest absolute Gasteiger partial charge is 0.345 e. The van der Waals surface area contributed by atoms with Gasteiger partial charge < -0.3 is 14.5 Å². The van der Waals surface area contributed by atoms with E-state index in [1.165, 1.54) is 18.0 Å². The van der Waals surface area contributed by atoms with Gasteiger partial charge in [0.2, 0.25) is 5.91 Å². The molecule has 0 spiro atoms. The normalized spacial score (nSPS) is 10.8. The predicted octanol–water partition coefficient (Wildman–Crippen LogP) is 2.11. The summed E-state index contributed by atoms with van der Waals surface area (Å²) in [5.41, 5.74) is 0.586. The van der Waals surface area contributed by atoms with E-state index in [9.17, 15) is 4.79 Å². The van der Waals surface area contributed by atoms with E-state index in [4.69, 9.17) is 20.8 Å². The first kappa shape index (κ1) is 14.7. The number of hydrogen-bond donors (Lipinski definition) is 1. The van der Waals surface area contributed by atoms with Crippen molar-refractivity contribution < 1.29 is 13.9 Å². The van der Waals surface area contributed by atoms with E-state index in [2.05, 4.69) is 20.6 Å². The van der Waals surface area contributed by atoms with Gasteiger partial charge in [-0.25, -0.2) is 0 Å². The van der Waals surface area contributed by atoms with Gasteiger partial charge in [0.1, 0.15) is 12.1 Å². The molecule has 0 aliphatic heterocycles. The minimum atomic E-state index is -0.208. The third-order valence-electron chi connectivity index (χ3n) is 2.63. The molecule has 2 heterocycles. The van der Waals surface area contributed by atoms with Gasteiger partial charge in [-0.05, 0) is 18.2 Å². The van der Waals surface area contributed by atoms with Crippen LogP contribution in [0.25, 0.3) is 5.84 Å². The summed E-state index contributed by atoms with van der Waals surface area (Å²) in [6, 6.07) is 5.01. The number of halogens is 1. The molecule has 1 amide bonds. The van der Waals surface area contributed by atoms with Crippen LogP contribution in [-0.4, -0.2) is 38.6 Å². The van der Waals surface area contributed by atoms with Crippen LogP contribution in [0.2, 0.25) is 5.02 Å². The van der Waals surface area contributed by atoms with Gasteiger partial charge in [0.05, 0.1) is 17.9 Å². The minimum absolute atomic E-state index is 0.140. The number of rotatable bonds is 5. The number of nitrogens with one attached hydrogen (secondary N) is 1. The van der Waals surface area contributed by atoms with Crippen LogP contribution in [0, 0.1) is 0 Å². The number of methoxy groups -OCH3 is 1. The molecule has 114 valence electrons. The predicted molar refractivity (Wildman–Crippen MR) is 80.4 cm³/mol. The maximum absolute atomic E-state index is 11.9. The van der Waals surface area contributed by atoms with E-state index >= 15 is 0 Å². The number of amides is 1. The zero-order valence-corrected chi connectivity index (χ0v) is 12.9. The standard InChI is InChI=1S/C12H10ClN5O3S/c1-20-9-3-2-7(4-8(9)13)15-10(19)5-22-12-17-18-6-14-16-11(18)21-12/h2-4,6H,5H2,1H3,(H,15,19). The summed E-state index contributed by atoms with van der Waals surface area (Å²) in [5, 5.41) is 14.9. The topological polar surface area (TPSA) is 94.5 Å². The number of anilines is 1. The first-order chi connectivity index (χ1) is 10.7. The molecule has 2 aromatic heterocycles. The van der Waals surface area contributed by atoms with Crippen LogP contribution in [0.3, 0.4) is 0 Å². The second-order valence-electron chi connectivity index (χ2n) is 4.11. The molecule has 0 saturated carbocycles. The van der Waals surface area contributed by atoms with Crippen LogP contribution in [0.5, 0.6) is 5.75 Å². The Kier molecular flexibility index (Phi) is 4.16. The van der Waals surface area contributed by atoms with Crippen LogP contribution in [0.1, 0.15) is 0 Å². The van der Waals surface area contributed by atoms with E-state index < -0.39 is 0 Å². The quantitative estimate of drug-likeness (QED) is 0.711. The van der Waals surface area contributed by atoms with Gasteiger partial charge in [0.25, 0.3) is 5.22 Å². The molecule has 3 rings (SSSR count). The summed E-state index contributed by atoms with van der Waals surface area (Å²) in [4.78, 5) is 11.9. The summed E-state index contributed by atoms with van der Waals surface area (Å²) in [6.45, 7) is 0. The Morgan fingerprint density at radius 2 is 2.41 bits per heavy atom. The van der Waals surface area contributed by atoms with Crippen molar-refractivity contribution in [1.82, 2.24) is 19.8 Å². The summed E-state index contributed by atoms with van der Waals surface area (Å²) in [7, 11) is 1.53. The molecule has 0 bridgehead atoms. The molecule has 1 aromatic carbocycles. The molecule has 0 aliphatic carbocycles. The first-order valence-corrected chi connectivity index (χ1v) is 7.45. The van der Waals surface area contributed by atoms with E-state index in [0.717, 1.165) is 11.8 Å². The SMILES string of the molecule is COc1ccc(NC(=O)CSc2nn3cnnc3o2)cc1Cl. The minimum Gasteiger partial charge on any atom is -0.495 e. The van der Waals surface area contributed by atoms with Crippen molar-refractivity contribution in [1.29, 1.82) is 0 Å². The number of benzene rings is 1. The molecule has 0 unspecified atom stereocenters. The van der Waals surface area contributed by atoms with Gasteiger partial charge in [-0.3, -0.25) is 4.79 Å². The average Bonchev–Trinajstić information content (AvgIpc) is 3.06. The Bertz CT molecular complexity index is 790. The van der Waals surface area contributed by atoms with Gasteiger partial charge in [0, 0.05) is 5.69 Å². The van der Waals surface area contributed by atoms with Gasteiger partial charge in [-0.1, -0.05) is 28.5 Å². The number of carbonyl (C=O) groups is 1.